The summed E-state index contributed by atoms with van der Waals surface area (Å²) in [5, 5.41) is 12.7. The Morgan fingerprint density at radius 2 is 1.72 bits per heavy atom. The van der Waals surface area contributed by atoms with E-state index in [0.29, 0.717) is 18.6 Å². The first kappa shape index (κ1) is 29.6. The van der Waals surface area contributed by atoms with Crippen molar-refractivity contribution in [2.45, 2.75) is 74.3 Å². The van der Waals surface area contributed by atoms with Gasteiger partial charge in [-0.25, -0.2) is 4.79 Å². The molecule has 13 atom stereocenters. The van der Waals surface area contributed by atoms with Crippen molar-refractivity contribution < 1.29 is 43.1 Å². The number of esters is 2. The number of hydrogen-bond donors (Lipinski definition) is 1. The molecule has 0 unspecified atom stereocenters. The summed E-state index contributed by atoms with van der Waals surface area (Å²) < 4.78 is 38.0. The van der Waals surface area contributed by atoms with Crippen LogP contribution in [-0.4, -0.2) is 112 Å². The van der Waals surface area contributed by atoms with Crippen molar-refractivity contribution >= 4 is 11.9 Å². The first-order chi connectivity index (χ1) is 20.6. The molecule has 5 aliphatic carbocycles. The molecule has 1 aromatic rings. The van der Waals surface area contributed by atoms with Crippen molar-refractivity contribution in [3.8, 4) is 0 Å². The number of fused-ring (bicyclic) bond motifs is 2. The van der Waals surface area contributed by atoms with Gasteiger partial charge in [-0.1, -0.05) is 18.2 Å². The summed E-state index contributed by atoms with van der Waals surface area (Å²) >= 11 is 0. The van der Waals surface area contributed by atoms with Crippen molar-refractivity contribution in [1.29, 1.82) is 0 Å². The zero-order chi connectivity index (χ0) is 30.5. The Kier molecular flexibility index (Phi) is 6.86. The highest BCUT2D eigenvalue weighted by molar-refractivity contribution is 5.89. The van der Waals surface area contributed by atoms with E-state index in [4.69, 9.17) is 28.4 Å². The van der Waals surface area contributed by atoms with E-state index < -0.39 is 46.7 Å². The third-order valence-corrected chi connectivity index (χ3v) is 12.7. The van der Waals surface area contributed by atoms with E-state index >= 15 is 0 Å². The second-order valence-corrected chi connectivity index (χ2v) is 14.1. The molecule has 6 fully saturated rings. The Hall–Kier alpha value is -2.08. The molecule has 0 radical (unpaired) electrons. The highest BCUT2D eigenvalue weighted by Crippen LogP contribution is 2.80. The van der Waals surface area contributed by atoms with Gasteiger partial charge in [-0.3, -0.25) is 4.79 Å². The highest BCUT2D eigenvalue weighted by Gasteiger charge is 2.89. The Bertz CT molecular complexity index is 1280. The van der Waals surface area contributed by atoms with Gasteiger partial charge in [0.15, 0.2) is 0 Å². The highest BCUT2D eigenvalue weighted by atomic mass is 16.6. The lowest BCUT2D eigenvalue weighted by Crippen LogP contribution is -2.77. The molecule has 0 aromatic heterocycles. The molecule has 7 rings (SSSR count). The fourth-order valence-electron chi connectivity index (χ4n) is 12.2. The van der Waals surface area contributed by atoms with Crippen molar-refractivity contribution in [2.24, 2.45) is 34.5 Å². The first-order valence-corrected chi connectivity index (χ1v) is 15.5. The molecule has 1 heterocycles. The van der Waals surface area contributed by atoms with Crippen LogP contribution in [0.1, 0.15) is 43.0 Å². The van der Waals surface area contributed by atoms with Gasteiger partial charge in [0.05, 0.1) is 30.5 Å². The molecular formula is C33H45NO9. The molecule has 6 aliphatic rings. The van der Waals surface area contributed by atoms with E-state index in [2.05, 4.69) is 11.9 Å². The number of carbonyl (C=O) groups is 2. The normalized spacial score (nSPS) is 49.0. The smallest absolute Gasteiger partial charge is 0.338 e. The van der Waals surface area contributed by atoms with Gasteiger partial charge in [-0.2, -0.15) is 0 Å². The lowest BCUT2D eigenvalue weighted by molar-refractivity contribution is -0.285. The number of rotatable bonds is 8. The van der Waals surface area contributed by atoms with Crippen LogP contribution in [0.25, 0.3) is 0 Å². The van der Waals surface area contributed by atoms with Crippen LogP contribution < -0.4 is 0 Å². The van der Waals surface area contributed by atoms with Gasteiger partial charge < -0.3 is 38.4 Å². The van der Waals surface area contributed by atoms with Gasteiger partial charge in [0, 0.05) is 83.0 Å². The van der Waals surface area contributed by atoms with Gasteiger partial charge in [0.1, 0.15) is 17.3 Å². The number of ether oxygens (including phenoxy) is 6. The molecule has 236 valence electrons. The summed E-state index contributed by atoms with van der Waals surface area (Å²) in [5.41, 5.74) is -2.88. The molecule has 7 bridgehead atoms. The Morgan fingerprint density at radius 1 is 1.00 bits per heavy atom. The molecule has 1 saturated heterocycles. The zero-order valence-electron chi connectivity index (χ0n) is 26.0. The van der Waals surface area contributed by atoms with E-state index in [1.54, 1.807) is 52.7 Å². The Morgan fingerprint density at radius 3 is 2.35 bits per heavy atom. The van der Waals surface area contributed by atoms with Crippen LogP contribution >= 0.6 is 0 Å². The standard InChI is InChI=1S/C33H45NO9/c1-18(35)43-32-15-22(40-5)31(37)14-20(23(32)28(31)42-29(36)19-10-8-7-9-11-19)33-21(39-4)12-13-30(17-38-3)16-34(2)27(33)24(32)25(41-6)26(30)33/h7-11,20-28,37H,12-17H2,1-6H3/t20-,21+,22-,23+,24+,25+,26-,27-,28-,30-,31+,32+,33+/m0/s1. The molecule has 5 saturated carbocycles. The maximum atomic E-state index is 13.7. The maximum Gasteiger partial charge on any atom is 0.338 e. The summed E-state index contributed by atoms with van der Waals surface area (Å²) in [7, 11) is 9.01. The minimum atomic E-state index is -1.48. The van der Waals surface area contributed by atoms with Crippen molar-refractivity contribution in [2.75, 3.05) is 48.6 Å². The minimum absolute atomic E-state index is 0.0201. The monoisotopic (exact) mass is 599 g/mol. The van der Waals surface area contributed by atoms with E-state index in [-0.39, 0.29) is 47.8 Å². The van der Waals surface area contributed by atoms with Crippen LogP contribution in [0.5, 0.6) is 0 Å². The largest absolute Gasteiger partial charge is 0.458 e. The van der Waals surface area contributed by atoms with Crippen molar-refractivity contribution in [3.63, 3.8) is 0 Å². The molecule has 0 amide bonds. The first-order valence-electron chi connectivity index (χ1n) is 15.5. The average Bonchev–Trinajstić information content (AvgIpc) is 3.37. The van der Waals surface area contributed by atoms with Gasteiger partial charge >= 0.3 is 11.9 Å². The van der Waals surface area contributed by atoms with Crippen molar-refractivity contribution in [1.82, 2.24) is 4.90 Å². The van der Waals surface area contributed by atoms with Crippen LogP contribution in [0.2, 0.25) is 0 Å². The van der Waals surface area contributed by atoms with Gasteiger partial charge in [-0.05, 0) is 44.4 Å². The fourth-order valence-corrected chi connectivity index (χ4v) is 12.2. The Balaban J connectivity index is 1.48. The summed E-state index contributed by atoms with van der Waals surface area (Å²) in [6.07, 6.45) is 0.272. The number of likely N-dealkylation sites (tertiary alicyclic amines) is 1. The molecule has 10 nitrogen and oxygen atoms in total. The Labute approximate surface area is 253 Å². The molecule has 1 N–H and O–H groups in total. The third kappa shape index (κ3) is 3.51. The van der Waals surface area contributed by atoms with Crippen LogP contribution in [0.15, 0.2) is 30.3 Å². The predicted molar refractivity (Wildman–Crippen MR) is 153 cm³/mol. The predicted octanol–water partition coefficient (Wildman–Crippen LogP) is 2.32. The number of methoxy groups -OCH3 is 4. The summed E-state index contributed by atoms with van der Waals surface area (Å²) in [6, 6.07) is 8.77. The quantitative estimate of drug-likeness (QED) is 0.447. The summed E-state index contributed by atoms with van der Waals surface area (Å²) in [5.74, 6) is -1.87. The number of hydrogen-bond acceptors (Lipinski definition) is 10. The van der Waals surface area contributed by atoms with Crippen LogP contribution in [0.3, 0.4) is 0 Å². The number of carbonyl (C=O) groups excluding carboxylic acids is 2. The molecule has 1 spiro atoms. The number of piperidine rings is 1. The maximum absolute atomic E-state index is 13.7. The van der Waals surface area contributed by atoms with Gasteiger partial charge in [0.25, 0.3) is 0 Å². The van der Waals surface area contributed by atoms with Crippen molar-refractivity contribution in [3.05, 3.63) is 35.9 Å². The lowest BCUT2D eigenvalue weighted by atomic mass is 9.43. The van der Waals surface area contributed by atoms with Gasteiger partial charge in [-0.15, -0.1) is 0 Å². The van der Waals surface area contributed by atoms with Crippen LogP contribution in [0.4, 0.5) is 0 Å². The zero-order valence-corrected chi connectivity index (χ0v) is 26.0. The summed E-state index contributed by atoms with van der Waals surface area (Å²) in [6.45, 7) is 2.82. The number of benzene rings is 1. The van der Waals surface area contributed by atoms with E-state index in [0.717, 1.165) is 19.4 Å². The topological polar surface area (TPSA) is 113 Å². The minimum Gasteiger partial charge on any atom is -0.458 e. The molecule has 10 heteroatoms. The third-order valence-electron chi connectivity index (χ3n) is 12.7. The van der Waals surface area contributed by atoms with Gasteiger partial charge in [0.2, 0.25) is 0 Å². The molecular weight excluding hydrogens is 554 g/mol. The summed E-state index contributed by atoms with van der Waals surface area (Å²) in [4.78, 5) is 29.2. The van der Waals surface area contributed by atoms with Crippen LogP contribution in [0, 0.1) is 34.5 Å². The SMILES string of the molecule is COC[C@@]12CC[C@@H](OC)[C@@]34[C@H]([C@@H]([C@@H](OC)[C@@H]13)[C@@]1(OC(C)=O)C[C@H](OC)[C@]3(O)C[C@H]4[C@@H]1[C@@H]3OC(=O)c1ccccc1)N(C)C2. The van der Waals surface area contributed by atoms with E-state index in [1.807, 2.05) is 6.07 Å². The second kappa shape index (κ2) is 9.96. The number of nitrogens with zero attached hydrogens (tertiary/aromatic N) is 1. The van der Waals surface area contributed by atoms with E-state index in [9.17, 15) is 14.7 Å². The second-order valence-electron chi connectivity index (χ2n) is 14.1. The van der Waals surface area contributed by atoms with Crippen LogP contribution in [-0.2, 0) is 33.2 Å². The molecule has 43 heavy (non-hydrogen) atoms. The average molecular weight is 600 g/mol. The fraction of sp³-hybridized carbons (Fsp3) is 0.758. The molecule has 1 aromatic carbocycles. The molecule has 1 aliphatic heterocycles. The lowest BCUT2D eigenvalue weighted by Gasteiger charge is -2.69. The number of aliphatic hydroxyl groups is 1. The van der Waals surface area contributed by atoms with E-state index in [1.165, 1.54) is 6.92 Å².